The van der Waals surface area contributed by atoms with Gasteiger partial charge in [-0.05, 0) is 67.0 Å². The molecule has 1 saturated carbocycles. The number of alkyl halides is 3. The lowest BCUT2D eigenvalue weighted by Gasteiger charge is -2.24. The second-order valence-corrected chi connectivity index (χ2v) is 9.90. The second kappa shape index (κ2) is 10.1. The van der Waals surface area contributed by atoms with Crippen LogP contribution in [0.15, 0.2) is 54.7 Å². The molecule has 8 heteroatoms. The number of hydrogen-bond acceptors (Lipinski definition) is 5. The van der Waals surface area contributed by atoms with E-state index in [0.717, 1.165) is 30.4 Å². The summed E-state index contributed by atoms with van der Waals surface area (Å²) in [7, 11) is 0. The van der Waals surface area contributed by atoms with Crippen LogP contribution in [-0.4, -0.2) is 16.1 Å². The first-order valence-corrected chi connectivity index (χ1v) is 11.9. The highest BCUT2D eigenvalue weighted by molar-refractivity contribution is 5.66. The maximum Gasteiger partial charge on any atom is 0.421 e. The summed E-state index contributed by atoms with van der Waals surface area (Å²) < 4.78 is 47.2. The summed E-state index contributed by atoms with van der Waals surface area (Å²) in [5.74, 6) is 0.538. The molecule has 0 radical (unpaired) electrons. The van der Waals surface area contributed by atoms with Crippen LogP contribution in [0.2, 0.25) is 0 Å². The number of ether oxygens (including phenoxy) is 1. The van der Waals surface area contributed by atoms with Crippen molar-refractivity contribution in [3.8, 4) is 5.75 Å². The molecule has 5 nitrogen and oxygen atoms in total. The standard InChI is InChI=1S/C27H31F3N4O/c1-26(2,3)21-11-7-8-12-23(21)33-24-22(27(28,29)30)17-31-25(34-24)32-18-13-15-20(16-14-18)35-19-9-5-4-6-10-19/h7-8,11-17,19H,4-6,9-10H2,1-3H3,(H2,31,32,33,34). The molecule has 1 fully saturated rings. The predicted octanol–water partition coefficient (Wildman–Crippen LogP) is 7.99. The van der Waals surface area contributed by atoms with Crippen molar-refractivity contribution in [2.75, 3.05) is 10.6 Å². The van der Waals surface area contributed by atoms with Crippen LogP contribution in [-0.2, 0) is 11.6 Å². The molecule has 2 aromatic carbocycles. The van der Waals surface area contributed by atoms with E-state index in [1.165, 1.54) is 19.3 Å². The van der Waals surface area contributed by atoms with Gasteiger partial charge in [-0.15, -0.1) is 0 Å². The molecule has 0 atom stereocenters. The van der Waals surface area contributed by atoms with Crippen molar-refractivity contribution < 1.29 is 17.9 Å². The Morgan fingerprint density at radius 1 is 0.857 bits per heavy atom. The van der Waals surface area contributed by atoms with Crippen LogP contribution in [0, 0.1) is 0 Å². The van der Waals surface area contributed by atoms with Gasteiger partial charge in [0.25, 0.3) is 0 Å². The molecule has 0 bridgehead atoms. The second-order valence-electron chi connectivity index (χ2n) is 9.90. The van der Waals surface area contributed by atoms with E-state index in [2.05, 4.69) is 20.6 Å². The van der Waals surface area contributed by atoms with Gasteiger partial charge in [-0.3, -0.25) is 0 Å². The van der Waals surface area contributed by atoms with Crippen molar-refractivity contribution >= 4 is 23.1 Å². The Hall–Kier alpha value is -3.29. The molecule has 0 amide bonds. The molecule has 0 unspecified atom stereocenters. The van der Waals surface area contributed by atoms with Gasteiger partial charge in [0.05, 0.1) is 6.10 Å². The average Bonchev–Trinajstić information content (AvgIpc) is 2.80. The number of halogens is 3. The molecule has 1 heterocycles. The summed E-state index contributed by atoms with van der Waals surface area (Å²) in [6.07, 6.45) is 2.20. The fraction of sp³-hybridized carbons (Fsp3) is 0.407. The number of hydrogen-bond donors (Lipinski definition) is 2. The highest BCUT2D eigenvalue weighted by Gasteiger charge is 2.35. The molecule has 3 aromatic rings. The van der Waals surface area contributed by atoms with E-state index in [-0.39, 0.29) is 23.3 Å². The monoisotopic (exact) mass is 484 g/mol. The third-order valence-electron chi connectivity index (χ3n) is 6.05. The molecular weight excluding hydrogens is 453 g/mol. The van der Waals surface area contributed by atoms with Crippen LogP contribution in [0.25, 0.3) is 0 Å². The Morgan fingerprint density at radius 3 is 2.20 bits per heavy atom. The predicted molar refractivity (Wildman–Crippen MR) is 133 cm³/mol. The van der Waals surface area contributed by atoms with Crippen molar-refractivity contribution in [2.24, 2.45) is 0 Å². The summed E-state index contributed by atoms with van der Waals surface area (Å²) >= 11 is 0. The first-order valence-electron chi connectivity index (χ1n) is 11.9. The molecule has 0 aliphatic heterocycles. The van der Waals surface area contributed by atoms with Crippen LogP contribution in [0.5, 0.6) is 5.75 Å². The van der Waals surface area contributed by atoms with Crippen molar-refractivity contribution in [2.45, 2.75) is 70.6 Å². The fourth-order valence-electron chi connectivity index (χ4n) is 4.24. The number of rotatable bonds is 6. The van der Waals surface area contributed by atoms with E-state index in [1.807, 2.05) is 45.0 Å². The van der Waals surface area contributed by atoms with Gasteiger partial charge in [-0.25, -0.2) is 4.98 Å². The van der Waals surface area contributed by atoms with Crippen molar-refractivity contribution in [3.05, 3.63) is 65.9 Å². The Morgan fingerprint density at radius 2 is 1.54 bits per heavy atom. The van der Waals surface area contributed by atoms with E-state index < -0.39 is 11.7 Å². The summed E-state index contributed by atoms with van der Waals surface area (Å²) in [5.41, 5.74) is 0.913. The third-order valence-corrected chi connectivity index (χ3v) is 6.05. The minimum absolute atomic E-state index is 0.0645. The van der Waals surface area contributed by atoms with Gasteiger partial charge in [-0.1, -0.05) is 45.4 Å². The van der Waals surface area contributed by atoms with Crippen LogP contribution in [0.4, 0.5) is 36.3 Å². The first-order chi connectivity index (χ1) is 16.6. The van der Waals surface area contributed by atoms with Crippen LogP contribution in [0.1, 0.15) is 64.0 Å². The summed E-state index contributed by atoms with van der Waals surface area (Å²) in [4.78, 5) is 8.10. The lowest BCUT2D eigenvalue weighted by molar-refractivity contribution is -0.137. The van der Waals surface area contributed by atoms with Gasteiger partial charge in [-0.2, -0.15) is 18.2 Å². The molecular formula is C27H31F3N4O. The van der Waals surface area contributed by atoms with Gasteiger partial charge in [0.2, 0.25) is 5.95 Å². The van der Waals surface area contributed by atoms with Gasteiger partial charge >= 0.3 is 6.18 Å². The number of benzene rings is 2. The summed E-state index contributed by atoms with van der Waals surface area (Å²) in [5, 5.41) is 5.90. The van der Waals surface area contributed by atoms with Crippen LogP contribution >= 0.6 is 0 Å². The summed E-state index contributed by atoms with van der Waals surface area (Å²) in [6, 6.07) is 14.6. The molecule has 35 heavy (non-hydrogen) atoms. The Labute approximate surface area is 204 Å². The SMILES string of the molecule is CC(C)(C)c1ccccc1Nc1nc(Nc2ccc(OC3CCCCC3)cc2)ncc1C(F)(F)F. The van der Waals surface area contributed by atoms with E-state index >= 15 is 0 Å². The lowest BCUT2D eigenvalue weighted by atomic mass is 9.86. The molecule has 2 N–H and O–H groups in total. The smallest absolute Gasteiger partial charge is 0.421 e. The van der Waals surface area contributed by atoms with E-state index in [9.17, 15) is 13.2 Å². The summed E-state index contributed by atoms with van der Waals surface area (Å²) in [6.45, 7) is 6.02. The van der Waals surface area contributed by atoms with E-state index in [0.29, 0.717) is 11.4 Å². The Balaban J connectivity index is 1.55. The van der Waals surface area contributed by atoms with Gasteiger partial charge in [0.1, 0.15) is 17.1 Å². The third kappa shape index (κ3) is 6.44. The maximum atomic E-state index is 13.7. The molecule has 186 valence electrons. The van der Waals surface area contributed by atoms with Crippen LogP contribution < -0.4 is 15.4 Å². The number of nitrogens with one attached hydrogen (secondary N) is 2. The van der Waals surface area contributed by atoms with Crippen LogP contribution in [0.3, 0.4) is 0 Å². The topological polar surface area (TPSA) is 59.1 Å². The number of nitrogens with zero attached hydrogens (tertiary/aromatic N) is 2. The fourth-order valence-corrected chi connectivity index (χ4v) is 4.24. The van der Waals surface area contributed by atoms with Gasteiger partial charge in [0, 0.05) is 17.6 Å². The zero-order valence-electron chi connectivity index (χ0n) is 20.2. The lowest BCUT2D eigenvalue weighted by Crippen LogP contribution is -2.19. The number of aromatic nitrogens is 2. The van der Waals surface area contributed by atoms with Crippen molar-refractivity contribution in [1.29, 1.82) is 0 Å². The van der Waals surface area contributed by atoms with E-state index in [4.69, 9.17) is 4.74 Å². The Kier molecular flexibility index (Phi) is 7.19. The molecule has 1 aliphatic carbocycles. The highest BCUT2D eigenvalue weighted by atomic mass is 19.4. The van der Waals surface area contributed by atoms with Gasteiger partial charge < -0.3 is 15.4 Å². The zero-order valence-corrected chi connectivity index (χ0v) is 20.2. The number of para-hydroxylation sites is 1. The molecule has 0 saturated heterocycles. The minimum Gasteiger partial charge on any atom is -0.490 e. The number of anilines is 4. The molecule has 0 spiro atoms. The Bertz CT molecular complexity index is 1130. The molecule has 1 aromatic heterocycles. The quantitative estimate of drug-likeness (QED) is 0.371. The minimum atomic E-state index is -4.60. The van der Waals surface area contributed by atoms with Crippen molar-refractivity contribution in [1.82, 2.24) is 9.97 Å². The zero-order chi connectivity index (χ0) is 25.1. The van der Waals surface area contributed by atoms with Gasteiger partial charge in [0.15, 0.2) is 0 Å². The highest BCUT2D eigenvalue weighted by Crippen LogP contribution is 2.37. The van der Waals surface area contributed by atoms with Crippen molar-refractivity contribution in [3.63, 3.8) is 0 Å². The average molecular weight is 485 g/mol. The normalized spacial score (nSPS) is 15.0. The first kappa shape index (κ1) is 24.8. The van der Waals surface area contributed by atoms with E-state index in [1.54, 1.807) is 24.3 Å². The largest absolute Gasteiger partial charge is 0.490 e. The maximum absolute atomic E-state index is 13.7. The molecule has 1 aliphatic rings. The molecule has 4 rings (SSSR count).